The number of benzene rings is 1. The maximum absolute atomic E-state index is 9.09. The summed E-state index contributed by atoms with van der Waals surface area (Å²) in [7, 11) is 1.65. The van der Waals surface area contributed by atoms with Crippen LogP contribution in [0.2, 0.25) is 0 Å². The second-order valence-corrected chi connectivity index (χ2v) is 5.22. The first-order valence-corrected chi connectivity index (χ1v) is 7.31. The molecule has 1 aromatic carbocycles. The van der Waals surface area contributed by atoms with Crippen LogP contribution in [0.1, 0.15) is 25.7 Å². The summed E-state index contributed by atoms with van der Waals surface area (Å²) in [6, 6.07) is 7.55. The molecule has 112 valence electrons. The molecule has 1 aromatic rings. The number of methoxy groups -OCH3 is 1. The highest BCUT2D eigenvalue weighted by Gasteiger charge is 2.20. The largest absolute Gasteiger partial charge is 0.497 e. The summed E-state index contributed by atoms with van der Waals surface area (Å²) >= 11 is 0. The van der Waals surface area contributed by atoms with Gasteiger partial charge in [0.15, 0.2) is 0 Å². The standard InChI is InChI=1S/C16H24O4/c1-18-14-6-8-16(9-7-14)20-11-10-19-15-4-2-13(12-17)3-5-15/h6-9,13,15,17H,2-5,10-12H2,1H3. The van der Waals surface area contributed by atoms with Gasteiger partial charge in [0.1, 0.15) is 18.1 Å². The van der Waals surface area contributed by atoms with Crippen LogP contribution in [0.3, 0.4) is 0 Å². The molecule has 4 nitrogen and oxygen atoms in total. The Morgan fingerprint density at radius 1 is 1.00 bits per heavy atom. The Balaban J connectivity index is 1.59. The van der Waals surface area contributed by atoms with Crippen LogP contribution in [-0.4, -0.2) is 38.1 Å². The molecule has 0 unspecified atom stereocenters. The van der Waals surface area contributed by atoms with Gasteiger partial charge in [-0.2, -0.15) is 0 Å². The highest BCUT2D eigenvalue weighted by atomic mass is 16.5. The third-order valence-electron chi connectivity index (χ3n) is 3.82. The van der Waals surface area contributed by atoms with E-state index in [0.717, 1.165) is 37.2 Å². The van der Waals surface area contributed by atoms with Crippen LogP contribution in [0.25, 0.3) is 0 Å². The van der Waals surface area contributed by atoms with E-state index < -0.39 is 0 Å². The summed E-state index contributed by atoms with van der Waals surface area (Å²) in [4.78, 5) is 0. The van der Waals surface area contributed by atoms with Gasteiger partial charge in [-0.05, 0) is 55.9 Å². The Labute approximate surface area is 120 Å². The molecule has 4 heteroatoms. The molecule has 20 heavy (non-hydrogen) atoms. The Morgan fingerprint density at radius 2 is 1.65 bits per heavy atom. The summed E-state index contributed by atoms with van der Waals surface area (Å²) in [6.07, 6.45) is 4.57. The molecule has 0 atom stereocenters. The highest BCUT2D eigenvalue weighted by molar-refractivity contribution is 5.31. The first kappa shape index (κ1) is 15.1. The van der Waals surface area contributed by atoms with Gasteiger partial charge < -0.3 is 19.3 Å². The fourth-order valence-electron chi connectivity index (χ4n) is 2.53. The van der Waals surface area contributed by atoms with Gasteiger partial charge in [0, 0.05) is 6.61 Å². The molecule has 0 bridgehead atoms. The summed E-state index contributed by atoms with van der Waals surface area (Å²) in [5.41, 5.74) is 0. The molecule has 0 amide bonds. The van der Waals surface area contributed by atoms with E-state index in [1.54, 1.807) is 7.11 Å². The minimum Gasteiger partial charge on any atom is -0.497 e. The Morgan fingerprint density at radius 3 is 2.25 bits per heavy atom. The zero-order chi connectivity index (χ0) is 14.2. The maximum atomic E-state index is 9.09. The number of aliphatic hydroxyl groups is 1. The normalized spacial score (nSPS) is 22.5. The van der Waals surface area contributed by atoms with Crippen LogP contribution in [0, 0.1) is 5.92 Å². The predicted molar refractivity (Wildman–Crippen MR) is 77.3 cm³/mol. The van der Waals surface area contributed by atoms with Crippen molar-refractivity contribution < 1.29 is 19.3 Å². The Bertz CT molecular complexity index is 369. The van der Waals surface area contributed by atoms with E-state index in [2.05, 4.69) is 0 Å². The van der Waals surface area contributed by atoms with Crippen LogP contribution >= 0.6 is 0 Å². The van der Waals surface area contributed by atoms with Crippen LogP contribution in [-0.2, 0) is 4.74 Å². The lowest BCUT2D eigenvalue weighted by atomic mass is 9.88. The van der Waals surface area contributed by atoms with E-state index in [9.17, 15) is 0 Å². The Kier molecular flexibility index (Phi) is 6.15. The smallest absolute Gasteiger partial charge is 0.119 e. The molecule has 0 radical (unpaired) electrons. The van der Waals surface area contributed by atoms with Crippen LogP contribution in [0.5, 0.6) is 11.5 Å². The summed E-state index contributed by atoms with van der Waals surface area (Å²) in [5, 5.41) is 9.09. The lowest BCUT2D eigenvalue weighted by Crippen LogP contribution is -2.25. The molecular weight excluding hydrogens is 256 g/mol. The van der Waals surface area contributed by atoms with E-state index in [0.29, 0.717) is 31.8 Å². The minimum absolute atomic E-state index is 0.313. The van der Waals surface area contributed by atoms with Gasteiger partial charge in [-0.3, -0.25) is 0 Å². The number of rotatable bonds is 7. The van der Waals surface area contributed by atoms with E-state index in [1.807, 2.05) is 24.3 Å². The van der Waals surface area contributed by atoms with Crippen molar-refractivity contribution in [2.75, 3.05) is 26.9 Å². The third kappa shape index (κ3) is 4.69. The van der Waals surface area contributed by atoms with Crippen molar-refractivity contribution in [3.05, 3.63) is 24.3 Å². The lowest BCUT2D eigenvalue weighted by molar-refractivity contribution is -0.00108. The number of hydrogen-bond acceptors (Lipinski definition) is 4. The molecule has 0 heterocycles. The Hall–Kier alpha value is -1.26. The van der Waals surface area contributed by atoms with E-state index in [-0.39, 0.29) is 0 Å². The summed E-state index contributed by atoms with van der Waals surface area (Å²) in [6.45, 7) is 1.49. The summed E-state index contributed by atoms with van der Waals surface area (Å²) < 4.78 is 16.5. The van der Waals surface area contributed by atoms with Gasteiger partial charge in [-0.1, -0.05) is 0 Å². The van der Waals surface area contributed by atoms with Gasteiger partial charge >= 0.3 is 0 Å². The molecule has 1 aliphatic rings. The molecule has 0 aromatic heterocycles. The SMILES string of the molecule is COc1ccc(OCCOC2CCC(CO)CC2)cc1. The van der Waals surface area contributed by atoms with Crippen molar-refractivity contribution in [1.29, 1.82) is 0 Å². The fraction of sp³-hybridized carbons (Fsp3) is 0.625. The molecular formula is C16H24O4. The topological polar surface area (TPSA) is 47.9 Å². The van der Waals surface area contributed by atoms with Crippen molar-refractivity contribution in [2.45, 2.75) is 31.8 Å². The quantitative estimate of drug-likeness (QED) is 0.780. The molecule has 0 saturated heterocycles. The lowest BCUT2D eigenvalue weighted by Gasteiger charge is -2.27. The van der Waals surface area contributed by atoms with Gasteiger partial charge in [0.2, 0.25) is 0 Å². The predicted octanol–water partition coefficient (Wildman–Crippen LogP) is 2.64. The zero-order valence-corrected chi connectivity index (χ0v) is 12.1. The average molecular weight is 280 g/mol. The van der Waals surface area contributed by atoms with E-state index in [1.165, 1.54) is 0 Å². The molecule has 1 N–H and O–H groups in total. The first-order valence-electron chi connectivity index (χ1n) is 7.31. The van der Waals surface area contributed by atoms with Crippen molar-refractivity contribution in [3.8, 4) is 11.5 Å². The van der Waals surface area contributed by atoms with Crippen LogP contribution in [0.4, 0.5) is 0 Å². The molecule has 2 rings (SSSR count). The zero-order valence-electron chi connectivity index (χ0n) is 12.1. The molecule has 0 aliphatic heterocycles. The van der Waals surface area contributed by atoms with Crippen LogP contribution < -0.4 is 9.47 Å². The molecule has 0 spiro atoms. The van der Waals surface area contributed by atoms with Crippen molar-refractivity contribution in [3.63, 3.8) is 0 Å². The number of aliphatic hydroxyl groups excluding tert-OH is 1. The fourth-order valence-corrected chi connectivity index (χ4v) is 2.53. The van der Waals surface area contributed by atoms with Crippen LogP contribution in [0.15, 0.2) is 24.3 Å². The number of ether oxygens (including phenoxy) is 3. The first-order chi connectivity index (χ1) is 9.81. The summed E-state index contributed by atoms with van der Waals surface area (Å²) in [5.74, 6) is 2.14. The van der Waals surface area contributed by atoms with E-state index in [4.69, 9.17) is 19.3 Å². The van der Waals surface area contributed by atoms with Gasteiger partial charge in [0.25, 0.3) is 0 Å². The maximum Gasteiger partial charge on any atom is 0.119 e. The second kappa shape index (κ2) is 8.12. The second-order valence-electron chi connectivity index (χ2n) is 5.22. The molecule has 1 aliphatic carbocycles. The van der Waals surface area contributed by atoms with Crippen molar-refractivity contribution >= 4 is 0 Å². The van der Waals surface area contributed by atoms with Gasteiger partial charge in [0.05, 0.1) is 19.8 Å². The van der Waals surface area contributed by atoms with Gasteiger partial charge in [-0.25, -0.2) is 0 Å². The monoisotopic (exact) mass is 280 g/mol. The van der Waals surface area contributed by atoms with Gasteiger partial charge in [-0.15, -0.1) is 0 Å². The minimum atomic E-state index is 0.313. The molecule has 1 saturated carbocycles. The average Bonchev–Trinajstić information content (AvgIpc) is 2.53. The van der Waals surface area contributed by atoms with Crippen molar-refractivity contribution in [2.24, 2.45) is 5.92 Å². The number of hydrogen-bond donors (Lipinski definition) is 1. The van der Waals surface area contributed by atoms with Crippen molar-refractivity contribution in [1.82, 2.24) is 0 Å². The van der Waals surface area contributed by atoms with E-state index >= 15 is 0 Å². The highest BCUT2D eigenvalue weighted by Crippen LogP contribution is 2.25. The molecule has 1 fully saturated rings. The third-order valence-corrected chi connectivity index (χ3v) is 3.82.